The summed E-state index contributed by atoms with van der Waals surface area (Å²) in [6.45, 7) is 1.08. The van der Waals surface area contributed by atoms with Crippen molar-refractivity contribution in [3.63, 3.8) is 0 Å². The first-order chi connectivity index (χ1) is 15.0. The van der Waals surface area contributed by atoms with Crippen LogP contribution in [0.15, 0.2) is 67.1 Å². The molecule has 0 saturated heterocycles. The molecule has 0 unspecified atom stereocenters. The topological polar surface area (TPSA) is 143 Å². The van der Waals surface area contributed by atoms with E-state index in [0.29, 0.717) is 5.82 Å². The molecule has 0 aliphatic carbocycles. The van der Waals surface area contributed by atoms with Crippen molar-refractivity contribution in [1.82, 2.24) is 25.1 Å². The number of carbonyl (C=O) groups is 1. The van der Waals surface area contributed by atoms with Crippen LogP contribution < -0.4 is 11.1 Å². The van der Waals surface area contributed by atoms with E-state index in [1.165, 1.54) is 0 Å². The minimum Gasteiger partial charge on any atom is -0.481 e. The number of benzene rings is 2. The van der Waals surface area contributed by atoms with Crippen LogP contribution in [0.3, 0.4) is 0 Å². The Morgan fingerprint density at radius 3 is 2.68 bits per heavy atom. The maximum absolute atomic E-state index is 9.00. The summed E-state index contributed by atoms with van der Waals surface area (Å²) < 4.78 is 0. The number of nitrogens with one attached hydrogen (secondary N) is 2. The van der Waals surface area contributed by atoms with E-state index in [0.717, 1.165) is 45.5 Å². The molecule has 0 fully saturated rings. The maximum Gasteiger partial charge on any atom is 0.300 e. The highest BCUT2D eigenvalue weighted by molar-refractivity contribution is 5.98. The van der Waals surface area contributed by atoms with Crippen LogP contribution in [0.4, 0.5) is 17.5 Å². The first kappa shape index (κ1) is 19.8. The molecular formula is C22H19N7O2. The largest absolute Gasteiger partial charge is 0.481 e. The molecule has 5 rings (SSSR count). The summed E-state index contributed by atoms with van der Waals surface area (Å²) in [6.07, 6.45) is 5.30. The Bertz CT molecular complexity index is 1380. The van der Waals surface area contributed by atoms with Gasteiger partial charge in [0, 0.05) is 46.9 Å². The van der Waals surface area contributed by atoms with E-state index in [2.05, 4.69) is 42.6 Å². The minimum atomic E-state index is -0.833. The zero-order chi connectivity index (χ0) is 21.8. The molecule has 0 aliphatic rings. The van der Waals surface area contributed by atoms with Gasteiger partial charge in [-0.1, -0.05) is 18.2 Å². The third-order valence-electron chi connectivity index (χ3n) is 4.40. The molecule has 0 saturated carbocycles. The van der Waals surface area contributed by atoms with Crippen molar-refractivity contribution in [2.45, 2.75) is 6.92 Å². The van der Waals surface area contributed by atoms with Gasteiger partial charge < -0.3 is 16.2 Å². The van der Waals surface area contributed by atoms with Gasteiger partial charge in [0.2, 0.25) is 5.95 Å². The van der Waals surface area contributed by atoms with E-state index in [-0.39, 0.29) is 5.95 Å². The van der Waals surface area contributed by atoms with Crippen LogP contribution in [0.1, 0.15) is 6.92 Å². The van der Waals surface area contributed by atoms with Gasteiger partial charge in [-0.3, -0.25) is 14.9 Å². The molecule has 3 heterocycles. The lowest BCUT2D eigenvalue weighted by atomic mass is 10.0. The smallest absolute Gasteiger partial charge is 0.300 e. The van der Waals surface area contributed by atoms with Crippen molar-refractivity contribution in [1.29, 1.82) is 0 Å². The van der Waals surface area contributed by atoms with Crippen LogP contribution in [0, 0.1) is 0 Å². The SMILES string of the molecule is CC(=O)O.Nc1nccc(Nc2cc(-c3cnc4ccccc4c3)c3[nH]ncc3c2)n1. The predicted octanol–water partition coefficient (Wildman–Crippen LogP) is 3.98. The molecule has 0 atom stereocenters. The Morgan fingerprint density at radius 1 is 1.06 bits per heavy atom. The van der Waals surface area contributed by atoms with Crippen molar-refractivity contribution < 1.29 is 9.90 Å². The molecule has 3 aromatic heterocycles. The Morgan fingerprint density at radius 2 is 1.87 bits per heavy atom. The summed E-state index contributed by atoms with van der Waals surface area (Å²) in [5.41, 5.74) is 10.5. The van der Waals surface area contributed by atoms with Crippen molar-refractivity contribution in [3.05, 3.63) is 67.1 Å². The van der Waals surface area contributed by atoms with Crippen molar-refractivity contribution in [2.24, 2.45) is 0 Å². The first-order valence-electron chi connectivity index (χ1n) is 9.37. The zero-order valence-electron chi connectivity index (χ0n) is 16.6. The lowest BCUT2D eigenvalue weighted by Crippen LogP contribution is -1.99. The summed E-state index contributed by atoms with van der Waals surface area (Å²) in [7, 11) is 0. The number of H-pyrrole nitrogens is 1. The van der Waals surface area contributed by atoms with Crippen LogP contribution in [0.5, 0.6) is 0 Å². The number of fused-ring (bicyclic) bond motifs is 2. The van der Waals surface area contributed by atoms with Crippen molar-refractivity contribution in [2.75, 3.05) is 11.1 Å². The van der Waals surface area contributed by atoms with Gasteiger partial charge in [-0.15, -0.1) is 0 Å². The standard InChI is InChI=1S/C20H15N7.C2H4O2/c21-20-22-6-5-18(26-20)25-15-8-14-11-24-27-19(14)16(9-15)13-7-12-3-1-2-4-17(12)23-10-13;1-2(3)4/h1-11H,(H,24,27)(H3,21,22,25,26);1H3,(H,3,4). The Balaban J connectivity index is 0.000000535. The van der Waals surface area contributed by atoms with Crippen LogP contribution in [0.25, 0.3) is 32.9 Å². The normalized spacial score (nSPS) is 10.5. The number of aromatic amines is 1. The summed E-state index contributed by atoms with van der Waals surface area (Å²) in [4.78, 5) is 21.7. The minimum absolute atomic E-state index is 0.225. The van der Waals surface area contributed by atoms with Crippen molar-refractivity contribution >= 4 is 45.2 Å². The molecule has 0 spiro atoms. The van der Waals surface area contributed by atoms with Crippen LogP contribution in [-0.4, -0.2) is 36.2 Å². The molecular weight excluding hydrogens is 394 g/mol. The second-order valence-corrected chi connectivity index (χ2v) is 6.72. The van der Waals surface area contributed by atoms with Gasteiger partial charge in [-0.05, 0) is 30.3 Å². The molecule has 9 nitrogen and oxygen atoms in total. The number of nitrogens with zero attached hydrogens (tertiary/aromatic N) is 4. The summed E-state index contributed by atoms with van der Waals surface area (Å²) in [5, 5.41) is 20.1. The number of hydrogen-bond acceptors (Lipinski definition) is 7. The predicted molar refractivity (Wildman–Crippen MR) is 120 cm³/mol. The summed E-state index contributed by atoms with van der Waals surface area (Å²) in [6, 6.07) is 16.0. The van der Waals surface area contributed by atoms with E-state index in [4.69, 9.17) is 15.6 Å². The van der Waals surface area contributed by atoms with Crippen LogP contribution in [-0.2, 0) is 4.79 Å². The van der Waals surface area contributed by atoms with Gasteiger partial charge in [0.1, 0.15) is 5.82 Å². The number of aliphatic carboxylic acids is 1. The molecule has 0 aliphatic heterocycles. The monoisotopic (exact) mass is 413 g/mol. The number of nitrogen functional groups attached to an aromatic ring is 1. The number of anilines is 3. The van der Waals surface area contributed by atoms with E-state index in [1.54, 1.807) is 18.5 Å². The van der Waals surface area contributed by atoms with E-state index >= 15 is 0 Å². The fourth-order valence-electron chi connectivity index (χ4n) is 3.17. The molecule has 0 bridgehead atoms. The fraction of sp³-hybridized carbons (Fsp3) is 0.0455. The first-order valence-corrected chi connectivity index (χ1v) is 9.37. The molecule has 5 N–H and O–H groups in total. The third kappa shape index (κ3) is 4.56. The number of carboxylic acids is 1. The lowest BCUT2D eigenvalue weighted by Gasteiger charge is -2.10. The van der Waals surface area contributed by atoms with E-state index < -0.39 is 5.97 Å². The molecule has 9 heteroatoms. The third-order valence-corrected chi connectivity index (χ3v) is 4.40. The fourth-order valence-corrected chi connectivity index (χ4v) is 3.17. The van der Waals surface area contributed by atoms with Gasteiger partial charge in [0.15, 0.2) is 0 Å². The Labute approximate surface area is 177 Å². The highest BCUT2D eigenvalue weighted by atomic mass is 16.4. The Kier molecular flexibility index (Phi) is 5.39. The number of para-hydroxylation sites is 1. The van der Waals surface area contributed by atoms with Crippen LogP contribution >= 0.6 is 0 Å². The van der Waals surface area contributed by atoms with Gasteiger partial charge >= 0.3 is 0 Å². The van der Waals surface area contributed by atoms with Gasteiger partial charge in [0.25, 0.3) is 5.97 Å². The van der Waals surface area contributed by atoms with Gasteiger partial charge in [-0.2, -0.15) is 10.1 Å². The van der Waals surface area contributed by atoms with Gasteiger partial charge in [-0.25, -0.2) is 4.98 Å². The Hall–Kier alpha value is -4.53. The molecule has 31 heavy (non-hydrogen) atoms. The quantitative estimate of drug-likeness (QED) is 0.348. The molecule has 5 aromatic rings. The summed E-state index contributed by atoms with van der Waals surface area (Å²) in [5.74, 6) is 0.0243. The van der Waals surface area contributed by atoms with Crippen molar-refractivity contribution in [3.8, 4) is 11.1 Å². The van der Waals surface area contributed by atoms with Gasteiger partial charge in [0.05, 0.1) is 17.2 Å². The van der Waals surface area contributed by atoms with E-state index in [9.17, 15) is 0 Å². The number of hydrogen-bond donors (Lipinski definition) is 4. The molecule has 0 radical (unpaired) electrons. The average Bonchev–Trinajstić information content (AvgIpc) is 3.21. The maximum atomic E-state index is 9.00. The number of pyridine rings is 1. The highest BCUT2D eigenvalue weighted by Gasteiger charge is 2.10. The highest BCUT2D eigenvalue weighted by Crippen LogP contribution is 2.32. The molecule has 0 amide bonds. The second kappa shape index (κ2) is 8.46. The molecule has 154 valence electrons. The van der Waals surface area contributed by atoms with E-state index in [1.807, 2.05) is 36.5 Å². The number of aromatic nitrogens is 5. The summed E-state index contributed by atoms with van der Waals surface area (Å²) >= 11 is 0. The average molecular weight is 413 g/mol. The number of nitrogens with two attached hydrogens (primary N) is 1. The number of carboxylic acid groups (broad SMARTS) is 1. The lowest BCUT2D eigenvalue weighted by molar-refractivity contribution is -0.134. The second-order valence-electron chi connectivity index (χ2n) is 6.72. The molecule has 2 aromatic carbocycles. The number of rotatable bonds is 3. The van der Waals surface area contributed by atoms with Crippen LogP contribution in [0.2, 0.25) is 0 Å². The zero-order valence-corrected chi connectivity index (χ0v) is 16.6.